The number of hydrogen-bond acceptors (Lipinski definition) is 5. The first-order valence-electron chi connectivity index (χ1n) is 5.14. The largest absolute Gasteiger partial charge is 0.398 e. The molecular weight excluding hydrogens is 254 g/mol. The van der Waals surface area contributed by atoms with Crippen LogP contribution < -0.4 is 5.73 Å². The zero-order valence-corrected chi connectivity index (χ0v) is 10.8. The van der Waals surface area contributed by atoms with Gasteiger partial charge in [0.1, 0.15) is 4.90 Å². The van der Waals surface area contributed by atoms with Crippen molar-refractivity contribution in [2.75, 3.05) is 19.9 Å². The Labute approximate surface area is 105 Å². The fourth-order valence-corrected chi connectivity index (χ4v) is 2.73. The molecular formula is C11H13N3O3S. The number of fused-ring (bicyclic) bond motifs is 1. The van der Waals surface area contributed by atoms with Gasteiger partial charge < -0.3 is 5.73 Å². The zero-order chi connectivity index (χ0) is 13.3. The number of nitrogen functional groups attached to an aromatic ring is 1. The molecule has 0 atom stereocenters. The van der Waals surface area contributed by atoms with Gasteiger partial charge in [-0.15, -0.1) is 0 Å². The van der Waals surface area contributed by atoms with E-state index in [1.165, 1.54) is 26.4 Å². The van der Waals surface area contributed by atoms with Gasteiger partial charge in [-0.05, 0) is 24.3 Å². The summed E-state index contributed by atoms with van der Waals surface area (Å²) in [4.78, 5) is 8.88. The van der Waals surface area contributed by atoms with Crippen molar-refractivity contribution < 1.29 is 13.3 Å². The molecule has 0 aliphatic carbocycles. The summed E-state index contributed by atoms with van der Waals surface area (Å²) in [6, 6.07) is 6.40. The monoisotopic (exact) mass is 267 g/mol. The molecule has 0 saturated carbocycles. The molecule has 0 radical (unpaired) electrons. The normalized spacial score (nSPS) is 12.2. The highest BCUT2D eigenvalue weighted by molar-refractivity contribution is 7.89. The van der Waals surface area contributed by atoms with Crippen molar-refractivity contribution in [1.82, 2.24) is 9.45 Å². The highest BCUT2D eigenvalue weighted by atomic mass is 32.2. The Bertz CT molecular complexity index is 685. The second-order valence-corrected chi connectivity index (χ2v) is 5.55. The van der Waals surface area contributed by atoms with Crippen molar-refractivity contribution in [2.24, 2.45) is 0 Å². The average molecular weight is 267 g/mol. The maximum Gasteiger partial charge on any atom is 0.266 e. The Kier molecular flexibility index (Phi) is 3.20. The number of aromatic nitrogens is 1. The van der Waals surface area contributed by atoms with Crippen LogP contribution >= 0.6 is 0 Å². The van der Waals surface area contributed by atoms with Gasteiger partial charge in [-0.2, -0.15) is 0 Å². The number of hydroxylamine groups is 1. The van der Waals surface area contributed by atoms with Gasteiger partial charge in [-0.3, -0.25) is 9.82 Å². The minimum Gasteiger partial charge on any atom is -0.398 e. The van der Waals surface area contributed by atoms with E-state index < -0.39 is 10.0 Å². The summed E-state index contributed by atoms with van der Waals surface area (Å²) in [5.74, 6) is 0. The van der Waals surface area contributed by atoms with E-state index in [4.69, 9.17) is 10.6 Å². The summed E-state index contributed by atoms with van der Waals surface area (Å²) < 4.78 is 25.2. The molecule has 18 heavy (non-hydrogen) atoms. The van der Waals surface area contributed by atoms with Crippen molar-refractivity contribution in [3.8, 4) is 0 Å². The summed E-state index contributed by atoms with van der Waals surface area (Å²) in [6.45, 7) is 0. The van der Waals surface area contributed by atoms with Crippen LogP contribution in [0.3, 0.4) is 0 Å². The minimum absolute atomic E-state index is 0.0663. The van der Waals surface area contributed by atoms with Crippen molar-refractivity contribution in [2.45, 2.75) is 4.90 Å². The molecule has 0 saturated heterocycles. The topological polar surface area (TPSA) is 85.5 Å². The van der Waals surface area contributed by atoms with Gasteiger partial charge in [0.15, 0.2) is 0 Å². The number of rotatable bonds is 3. The van der Waals surface area contributed by atoms with Crippen molar-refractivity contribution in [3.63, 3.8) is 0 Å². The molecule has 6 nitrogen and oxygen atoms in total. The summed E-state index contributed by atoms with van der Waals surface area (Å²) in [7, 11) is -1.14. The molecule has 1 heterocycles. The number of anilines is 1. The van der Waals surface area contributed by atoms with E-state index in [-0.39, 0.29) is 4.90 Å². The van der Waals surface area contributed by atoms with Crippen LogP contribution in [-0.2, 0) is 14.9 Å². The van der Waals surface area contributed by atoms with Gasteiger partial charge in [0.25, 0.3) is 10.0 Å². The molecule has 0 unspecified atom stereocenters. The summed E-state index contributed by atoms with van der Waals surface area (Å²) >= 11 is 0. The second-order valence-electron chi connectivity index (χ2n) is 3.65. The molecule has 1 aromatic heterocycles. The Morgan fingerprint density at radius 3 is 2.72 bits per heavy atom. The fourth-order valence-electron chi connectivity index (χ4n) is 1.61. The number of hydrogen-bond donors (Lipinski definition) is 1. The SMILES string of the molecule is CON(C)S(=O)(=O)c1ccc(N)c2cccnc12. The summed E-state index contributed by atoms with van der Waals surface area (Å²) in [5.41, 5.74) is 6.62. The predicted octanol–water partition coefficient (Wildman–Crippen LogP) is 0.999. The highest BCUT2D eigenvalue weighted by Gasteiger charge is 2.24. The molecule has 0 amide bonds. The van der Waals surface area contributed by atoms with Crippen LogP contribution in [0, 0.1) is 0 Å². The van der Waals surface area contributed by atoms with E-state index in [1.807, 2.05) is 0 Å². The lowest BCUT2D eigenvalue weighted by molar-refractivity contribution is -0.0257. The molecule has 0 fully saturated rings. The van der Waals surface area contributed by atoms with Crippen molar-refractivity contribution >= 4 is 26.6 Å². The van der Waals surface area contributed by atoms with E-state index >= 15 is 0 Å². The van der Waals surface area contributed by atoms with Crippen LogP contribution in [0.25, 0.3) is 10.9 Å². The fraction of sp³-hybridized carbons (Fsp3) is 0.182. The summed E-state index contributed by atoms with van der Waals surface area (Å²) in [5, 5.41) is 0.600. The number of sulfonamides is 1. The molecule has 7 heteroatoms. The van der Waals surface area contributed by atoms with E-state index in [0.717, 1.165) is 4.47 Å². The van der Waals surface area contributed by atoms with Gasteiger partial charge in [-0.1, -0.05) is 4.47 Å². The molecule has 2 N–H and O–H groups in total. The molecule has 96 valence electrons. The zero-order valence-electron chi connectivity index (χ0n) is 9.99. The Morgan fingerprint density at radius 2 is 2.06 bits per heavy atom. The first kappa shape index (κ1) is 12.7. The molecule has 1 aromatic carbocycles. The number of pyridine rings is 1. The Balaban J connectivity index is 2.78. The quantitative estimate of drug-likeness (QED) is 0.662. The first-order valence-corrected chi connectivity index (χ1v) is 6.58. The van der Waals surface area contributed by atoms with Gasteiger partial charge in [0.05, 0.1) is 12.6 Å². The Morgan fingerprint density at radius 1 is 1.33 bits per heavy atom. The lowest BCUT2D eigenvalue weighted by Crippen LogP contribution is -2.26. The minimum atomic E-state index is -3.74. The third-order valence-electron chi connectivity index (χ3n) is 2.64. The van der Waals surface area contributed by atoms with Gasteiger partial charge >= 0.3 is 0 Å². The third kappa shape index (κ3) is 1.92. The van der Waals surface area contributed by atoms with E-state index in [9.17, 15) is 8.42 Å². The van der Waals surface area contributed by atoms with Crippen molar-refractivity contribution in [3.05, 3.63) is 30.5 Å². The van der Waals surface area contributed by atoms with Gasteiger partial charge in [0, 0.05) is 24.3 Å². The molecule has 0 bridgehead atoms. The standard InChI is InChI=1S/C11H13N3O3S/c1-14(17-2)18(15,16)10-6-5-9(12)8-4-3-7-13-11(8)10/h3-7H,12H2,1-2H3. The average Bonchev–Trinajstić information content (AvgIpc) is 2.38. The van der Waals surface area contributed by atoms with Crippen LogP contribution in [0.5, 0.6) is 0 Å². The van der Waals surface area contributed by atoms with Crippen LogP contribution in [0.15, 0.2) is 35.4 Å². The maximum atomic E-state index is 12.2. The van der Waals surface area contributed by atoms with Gasteiger partial charge in [-0.25, -0.2) is 8.42 Å². The van der Waals surface area contributed by atoms with E-state index in [1.54, 1.807) is 18.2 Å². The Hall–Kier alpha value is -1.70. The summed E-state index contributed by atoms with van der Waals surface area (Å²) in [6.07, 6.45) is 1.52. The van der Waals surface area contributed by atoms with Crippen LogP contribution in [0.2, 0.25) is 0 Å². The van der Waals surface area contributed by atoms with Crippen LogP contribution in [0.1, 0.15) is 0 Å². The number of nitrogens with zero attached hydrogens (tertiary/aromatic N) is 2. The van der Waals surface area contributed by atoms with Gasteiger partial charge in [0.2, 0.25) is 0 Å². The number of nitrogens with two attached hydrogens (primary N) is 1. The van der Waals surface area contributed by atoms with E-state index in [0.29, 0.717) is 16.6 Å². The smallest absolute Gasteiger partial charge is 0.266 e. The third-order valence-corrected chi connectivity index (χ3v) is 4.35. The molecule has 2 aromatic rings. The highest BCUT2D eigenvalue weighted by Crippen LogP contribution is 2.27. The van der Waals surface area contributed by atoms with E-state index in [2.05, 4.69) is 4.98 Å². The van der Waals surface area contributed by atoms with Crippen molar-refractivity contribution in [1.29, 1.82) is 0 Å². The molecule has 0 aliphatic heterocycles. The van der Waals surface area contributed by atoms with Crippen LogP contribution in [0.4, 0.5) is 5.69 Å². The lowest BCUT2D eigenvalue weighted by Gasteiger charge is -2.15. The predicted molar refractivity (Wildman–Crippen MR) is 68.1 cm³/mol. The number of benzene rings is 1. The lowest BCUT2D eigenvalue weighted by atomic mass is 10.2. The molecule has 0 aliphatic rings. The second kappa shape index (κ2) is 4.52. The first-order chi connectivity index (χ1) is 8.48. The maximum absolute atomic E-state index is 12.2. The molecule has 2 rings (SSSR count). The molecule has 0 spiro atoms. The van der Waals surface area contributed by atoms with Crippen LogP contribution in [-0.4, -0.2) is 32.0 Å².